The molecule has 1 amide bonds. The molecule has 0 unspecified atom stereocenters. The van der Waals surface area contributed by atoms with Gasteiger partial charge in [-0.2, -0.15) is 0 Å². The molecule has 20 heavy (non-hydrogen) atoms. The predicted octanol–water partition coefficient (Wildman–Crippen LogP) is 2.30. The summed E-state index contributed by atoms with van der Waals surface area (Å²) in [5.74, 6) is 0.0375. The fourth-order valence-corrected chi connectivity index (χ4v) is 2.64. The van der Waals surface area contributed by atoms with Crippen LogP contribution in [0.2, 0.25) is 0 Å². The molecule has 0 spiro atoms. The Kier molecular flexibility index (Phi) is 5.15. The van der Waals surface area contributed by atoms with Crippen LogP contribution in [0.5, 0.6) is 0 Å². The average Bonchev–Trinajstić information content (AvgIpc) is 2.38. The summed E-state index contributed by atoms with van der Waals surface area (Å²) in [5, 5.41) is 2.95. The van der Waals surface area contributed by atoms with E-state index in [1.807, 2.05) is 26.0 Å². The number of hydrogen-bond donors (Lipinski definition) is 1. The lowest BCUT2D eigenvalue weighted by molar-refractivity contribution is -0.121. The quantitative estimate of drug-likeness (QED) is 0.917. The van der Waals surface area contributed by atoms with Crippen molar-refractivity contribution in [2.75, 3.05) is 25.0 Å². The molecule has 1 fully saturated rings. The second-order valence-corrected chi connectivity index (χ2v) is 5.55. The molecule has 0 aliphatic carbocycles. The van der Waals surface area contributed by atoms with Crippen LogP contribution in [0.25, 0.3) is 0 Å². The summed E-state index contributed by atoms with van der Waals surface area (Å²) < 4.78 is 5.67. The third kappa shape index (κ3) is 4.32. The van der Waals surface area contributed by atoms with Crippen LogP contribution < -0.4 is 5.32 Å². The molecule has 4 heteroatoms. The second-order valence-electron chi connectivity index (χ2n) is 5.55. The van der Waals surface area contributed by atoms with Crippen LogP contribution in [0.1, 0.15) is 26.3 Å². The molecule has 0 saturated carbocycles. The van der Waals surface area contributed by atoms with E-state index >= 15 is 0 Å². The van der Waals surface area contributed by atoms with E-state index in [1.54, 1.807) is 0 Å². The fraction of sp³-hybridized carbons (Fsp3) is 0.562. The second kappa shape index (κ2) is 6.86. The fourth-order valence-electron chi connectivity index (χ4n) is 2.64. The Balaban J connectivity index is 1.85. The molecule has 1 aliphatic rings. The molecule has 110 valence electrons. The van der Waals surface area contributed by atoms with E-state index in [9.17, 15) is 4.79 Å². The summed E-state index contributed by atoms with van der Waals surface area (Å²) in [6.07, 6.45) is 1.39. The van der Waals surface area contributed by atoms with Crippen LogP contribution in [-0.4, -0.2) is 42.6 Å². The molecule has 4 nitrogen and oxygen atoms in total. The summed E-state index contributed by atoms with van der Waals surface area (Å²) in [7, 11) is 0. The number of nitrogens with zero attached hydrogens (tertiary/aromatic N) is 1. The molecule has 2 atom stereocenters. The monoisotopic (exact) mass is 276 g/mol. The summed E-state index contributed by atoms with van der Waals surface area (Å²) in [6.45, 7) is 8.26. The smallest absolute Gasteiger partial charge is 0.238 e. The number of carbonyl (C=O) groups is 1. The van der Waals surface area contributed by atoms with Crippen molar-refractivity contribution in [2.45, 2.75) is 39.4 Å². The van der Waals surface area contributed by atoms with E-state index < -0.39 is 0 Å². The van der Waals surface area contributed by atoms with E-state index in [0.29, 0.717) is 6.54 Å². The summed E-state index contributed by atoms with van der Waals surface area (Å²) in [6, 6.07) is 8.02. The van der Waals surface area contributed by atoms with Crippen molar-refractivity contribution in [3.63, 3.8) is 0 Å². The minimum absolute atomic E-state index is 0.0375. The molecule has 1 aromatic rings. The number of amides is 1. The van der Waals surface area contributed by atoms with E-state index in [4.69, 9.17) is 4.74 Å². The first-order valence-electron chi connectivity index (χ1n) is 7.33. The summed E-state index contributed by atoms with van der Waals surface area (Å²) in [5.41, 5.74) is 2.14. The van der Waals surface area contributed by atoms with Crippen LogP contribution in [0.3, 0.4) is 0 Å². The lowest BCUT2D eigenvalue weighted by Crippen LogP contribution is -2.48. The Morgan fingerprint density at radius 3 is 2.40 bits per heavy atom. The van der Waals surface area contributed by atoms with Gasteiger partial charge in [0.1, 0.15) is 0 Å². The van der Waals surface area contributed by atoms with Gasteiger partial charge in [0.2, 0.25) is 5.91 Å². The lowest BCUT2D eigenvalue weighted by Gasteiger charge is -2.34. The lowest BCUT2D eigenvalue weighted by atomic mass is 10.1. The third-order valence-electron chi connectivity index (χ3n) is 3.51. The van der Waals surface area contributed by atoms with Crippen molar-refractivity contribution in [3.05, 3.63) is 29.8 Å². The zero-order chi connectivity index (χ0) is 14.5. The van der Waals surface area contributed by atoms with E-state index in [1.165, 1.54) is 5.56 Å². The van der Waals surface area contributed by atoms with Gasteiger partial charge >= 0.3 is 0 Å². The number of benzene rings is 1. The highest BCUT2D eigenvalue weighted by Gasteiger charge is 2.23. The third-order valence-corrected chi connectivity index (χ3v) is 3.51. The molecular formula is C16H24N2O2. The number of rotatable bonds is 4. The Morgan fingerprint density at radius 1 is 1.25 bits per heavy atom. The number of hydrogen-bond acceptors (Lipinski definition) is 3. The number of anilines is 1. The van der Waals surface area contributed by atoms with Gasteiger partial charge in [-0.15, -0.1) is 0 Å². The predicted molar refractivity (Wildman–Crippen MR) is 80.9 cm³/mol. The first-order chi connectivity index (χ1) is 9.56. The van der Waals surface area contributed by atoms with Crippen molar-refractivity contribution in [1.29, 1.82) is 0 Å². The maximum atomic E-state index is 12.1. The molecule has 1 aromatic carbocycles. The van der Waals surface area contributed by atoms with Crippen molar-refractivity contribution in [2.24, 2.45) is 0 Å². The number of morpholine rings is 1. The standard InChI is InChI=1S/C16H24N2O2/c1-4-14-5-7-15(8-6-14)17-16(19)11-18-9-12(2)20-13(3)10-18/h5-8,12-13H,4,9-11H2,1-3H3,(H,17,19)/t12-,13-/m0/s1. The van der Waals surface area contributed by atoms with E-state index in [-0.39, 0.29) is 18.1 Å². The van der Waals surface area contributed by atoms with E-state index in [0.717, 1.165) is 25.2 Å². The van der Waals surface area contributed by atoms with E-state index in [2.05, 4.69) is 29.3 Å². The summed E-state index contributed by atoms with van der Waals surface area (Å²) in [4.78, 5) is 14.2. The van der Waals surface area contributed by atoms with Gasteiger partial charge in [0, 0.05) is 18.8 Å². The van der Waals surface area contributed by atoms with Crippen molar-refractivity contribution < 1.29 is 9.53 Å². The van der Waals surface area contributed by atoms with Gasteiger partial charge < -0.3 is 10.1 Å². The highest BCUT2D eigenvalue weighted by atomic mass is 16.5. The van der Waals surface area contributed by atoms with Gasteiger partial charge in [0.05, 0.1) is 18.8 Å². The first-order valence-corrected chi connectivity index (χ1v) is 7.33. The van der Waals surface area contributed by atoms with Crippen LogP contribution in [0, 0.1) is 0 Å². The van der Waals surface area contributed by atoms with Crippen molar-refractivity contribution >= 4 is 11.6 Å². The highest BCUT2D eigenvalue weighted by Crippen LogP contribution is 2.12. The molecule has 0 aromatic heterocycles. The maximum Gasteiger partial charge on any atom is 0.238 e. The number of ether oxygens (including phenoxy) is 1. The zero-order valence-corrected chi connectivity index (χ0v) is 12.6. The van der Waals surface area contributed by atoms with Gasteiger partial charge in [0.25, 0.3) is 0 Å². The van der Waals surface area contributed by atoms with Crippen molar-refractivity contribution in [1.82, 2.24) is 4.90 Å². The van der Waals surface area contributed by atoms with Gasteiger partial charge in [-0.1, -0.05) is 19.1 Å². The topological polar surface area (TPSA) is 41.6 Å². The van der Waals surface area contributed by atoms with Gasteiger partial charge in [-0.25, -0.2) is 0 Å². The van der Waals surface area contributed by atoms with Crippen LogP contribution in [-0.2, 0) is 16.0 Å². The molecule has 0 radical (unpaired) electrons. The van der Waals surface area contributed by atoms with Crippen LogP contribution >= 0.6 is 0 Å². The maximum absolute atomic E-state index is 12.1. The summed E-state index contributed by atoms with van der Waals surface area (Å²) >= 11 is 0. The average molecular weight is 276 g/mol. The number of aryl methyl sites for hydroxylation is 1. The molecule has 1 saturated heterocycles. The Morgan fingerprint density at radius 2 is 1.85 bits per heavy atom. The number of carbonyl (C=O) groups excluding carboxylic acids is 1. The first kappa shape index (κ1) is 15.0. The van der Waals surface area contributed by atoms with Gasteiger partial charge in [-0.05, 0) is 38.0 Å². The molecule has 1 heterocycles. The highest BCUT2D eigenvalue weighted by molar-refractivity contribution is 5.92. The zero-order valence-electron chi connectivity index (χ0n) is 12.6. The molecule has 1 aliphatic heterocycles. The molecule has 0 bridgehead atoms. The minimum atomic E-state index is 0.0375. The van der Waals surface area contributed by atoms with Gasteiger partial charge in [-0.3, -0.25) is 9.69 Å². The van der Waals surface area contributed by atoms with Crippen LogP contribution in [0.4, 0.5) is 5.69 Å². The molecule has 1 N–H and O–H groups in total. The molecule has 2 rings (SSSR count). The van der Waals surface area contributed by atoms with Gasteiger partial charge in [0.15, 0.2) is 0 Å². The Hall–Kier alpha value is -1.39. The van der Waals surface area contributed by atoms with Crippen LogP contribution in [0.15, 0.2) is 24.3 Å². The number of nitrogens with one attached hydrogen (secondary N) is 1. The SMILES string of the molecule is CCc1ccc(NC(=O)CN2C[C@H](C)O[C@@H](C)C2)cc1. The van der Waals surface area contributed by atoms with Crippen molar-refractivity contribution in [3.8, 4) is 0 Å². The molecular weight excluding hydrogens is 252 g/mol. The Labute approximate surface area is 121 Å². The minimum Gasteiger partial charge on any atom is -0.373 e. The Bertz CT molecular complexity index is 434. The largest absolute Gasteiger partial charge is 0.373 e. The normalized spacial score (nSPS) is 23.6.